The average molecular weight is 491 g/mol. The molecule has 35 heavy (non-hydrogen) atoms. The highest BCUT2D eigenvalue weighted by Crippen LogP contribution is 2.42. The fourth-order valence-corrected chi connectivity index (χ4v) is 3.86. The van der Waals surface area contributed by atoms with E-state index in [0.717, 1.165) is 43.9 Å². The molecule has 192 valence electrons. The fraction of sp³-hybridized carbons (Fsp3) is 0.462. The summed E-state index contributed by atoms with van der Waals surface area (Å²) in [6, 6.07) is 2.59. The SMILES string of the molecule is CCCCCCCCCCCCc1c(C(=O)Oc2cc(C(=O)O)cc(O)c2O)cc(O)c(O)c1O. The topological polar surface area (TPSA) is 165 Å². The number of carbonyl (C=O) groups is 2. The molecular formula is C26H34O9. The lowest BCUT2D eigenvalue weighted by Gasteiger charge is -2.14. The first-order valence-electron chi connectivity index (χ1n) is 12.0. The van der Waals surface area contributed by atoms with Gasteiger partial charge in [-0.15, -0.1) is 0 Å². The average Bonchev–Trinajstić information content (AvgIpc) is 2.82. The van der Waals surface area contributed by atoms with Crippen LogP contribution in [0.2, 0.25) is 0 Å². The molecule has 2 rings (SSSR count). The Kier molecular flexibility index (Phi) is 10.5. The molecule has 0 aromatic heterocycles. The third-order valence-corrected chi connectivity index (χ3v) is 5.86. The van der Waals surface area contributed by atoms with Crippen LogP contribution in [0.1, 0.15) is 97.4 Å². The van der Waals surface area contributed by atoms with Crippen molar-refractivity contribution >= 4 is 11.9 Å². The van der Waals surface area contributed by atoms with Crippen molar-refractivity contribution in [1.29, 1.82) is 0 Å². The van der Waals surface area contributed by atoms with Gasteiger partial charge in [0.25, 0.3) is 0 Å². The van der Waals surface area contributed by atoms with Crippen LogP contribution < -0.4 is 4.74 Å². The zero-order valence-electron chi connectivity index (χ0n) is 19.9. The van der Waals surface area contributed by atoms with E-state index in [1.54, 1.807) is 0 Å². The van der Waals surface area contributed by atoms with Gasteiger partial charge in [-0.25, -0.2) is 9.59 Å². The number of aromatic hydroxyl groups is 5. The van der Waals surface area contributed by atoms with Crippen molar-refractivity contribution in [1.82, 2.24) is 0 Å². The van der Waals surface area contributed by atoms with E-state index < -0.39 is 52.0 Å². The minimum atomic E-state index is -1.42. The number of aromatic carboxylic acids is 1. The number of carboxylic acids is 1. The normalized spacial score (nSPS) is 10.9. The van der Waals surface area contributed by atoms with Crippen LogP contribution in [0.5, 0.6) is 34.5 Å². The van der Waals surface area contributed by atoms with E-state index in [0.29, 0.717) is 6.42 Å². The lowest BCUT2D eigenvalue weighted by molar-refractivity contribution is 0.0685. The molecule has 6 N–H and O–H groups in total. The van der Waals surface area contributed by atoms with Crippen molar-refractivity contribution in [2.24, 2.45) is 0 Å². The Morgan fingerprint density at radius 3 is 1.83 bits per heavy atom. The molecule has 0 bridgehead atoms. The van der Waals surface area contributed by atoms with Gasteiger partial charge in [-0.2, -0.15) is 0 Å². The maximum absolute atomic E-state index is 12.8. The molecule has 0 unspecified atom stereocenters. The molecule has 2 aromatic carbocycles. The Morgan fingerprint density at radius 1 is 0.714 bits per heavy atom. The number of carbonyl (C=O) groups excluding carboxylic acids is 1. The minimum absolute atomic E-state index is 0.0583. The number of carboxylic acid groups (broad SMARTS) is 1. The quantitative estimate of drug-likeness (QED) is 0.0856. The number of hydrogen-bond acceptors (Lipinski definition) is 8. The molecule has 0 fully saturated rings. The maximum Gasteiger partial charge on any atom is 0.344 e. The Balaban J connectivity index is 2.08. The number of unbranched alkanes of at least 4 members (excludes halogenated alkanes) is 9. The highest BCUT2D eigenvalue weighted by atomic mass is 16.5. The van der Waals surface area contributed by atoms with E-state index in [1.807, 2.05) is 0 Å². The second-order valence-electron chi connectivity index (χ2n) is 8.59. The summed E-state index contributed by atoms with van der Waals surface area (Å²) in [4.78, 5) is 24.0. The molecular weight excluding hydrogens is 456 g/mol. The number of benzene rings is 2. The van der Waals surface area contributed by atoms with E-state index in [-0.39, 0.29) is 17.5 Å². The van der Waals surface area contributed by atoms with E-state index in [4.69, 9.17) is 9.84 Å². The van der Waals surface area contributed by atoms with Crippen LogP contribution >= 0.6 is 0 Å². The van der Waals surface area contributed by atoms with Crippen LogP contribution in [0, 0.1) is 0 Å². The third-order valence-electron chi connectivity index (χ3n) is 5.86. The molecule has 0 heterocycles. The zero-order valence-corrected chi connectivity index (χ0v) is 19.9. The van der Waals surface area contributed by atoms with Gasteiger partial charge in [0, 0.05) is 5.56 Å². The number of rotatable bonds is 14. The first-order valence-corrected chi connectivity index (χ1v) is 12.0. The predicted octanol–water partition coefficient (Wildman–Crippen LogP) is 5.60. The smallest absolute Gasteiger partial charge is 0.344 e. The van der Waals surface area contributed by atoms with Crippen molar-refractivity contribution in [2.45, 2.75) is 77.6 Å². The highest BCUT2D eigenvalue weighted by Gasteiger charge is 2.24. The Morgan fingerprint density at radius 2 is 1.26 bits per heavy atom. The summed E-state index contributed by atoms with van der Waals surface area (Å²) in [5.74, 6) is -6.94. The summed E-state index contributed by atoms with van der Waals surface area (Å²) in [5.41, 5.74) is -0.624. The maximum atomic E-state index is 12.8. The second-order valence-corrected chi connectivity index (χ2v) is 8.59. The summed E-state index contributed by atoms with van der Waals surface area (Å²) < 4.78 is 5.08. The lowest BCUT2D eigenvalue weighted by atomic mass is 9.98. The molecule has 0 spiro atoms. The molecule has 0 saturated heterocycles. The summed E-state index contributed by atoms with van der Waals surface area (Å²) in [6.07, 6.45) is 11.0. The molecule has 9 heteroatoms. The van der Waals surface area contributed by atoms with E-state index in [2.05, 4.69) is 6.92 Å². The van der Waals surface area contributed by atoms with Gasteiger partial charge in [-0.3, -0.25) is 0 Å². The number of esters is 1. The highest BCUT2D eigenvalue weighted by molar-refractivity contribution is 5.96. The third kappa shape index (κ3) is 7.70. The van der Waals surface area contributed by atoms with E-state index in [1.165, 1.54) is 32.1 Å². The summed E-state index contributed by atoms with van der Waals surface area (Å²) in [5, 5.41) is 59.0. The lowest BCUT2D eigenvalue weighted by Crippen LogP contribution is -2.12. The van der Waals surface area contributed by atoms with Gasteiger partial charge in [0.15, 0.2) is 23.0 Å². The van der Waals surface area contributed by atoms with Gasteiger partial charge in [0.1, 0.15) is 0 Å². The molecule has 0 aliphatic carbocycles. The molecule has 0 amide bonds. The number of hydrogen-bond donors (Lipinski definition) is 6. The summed E-state index contributed by atoms with van der Waals surface area (Å²) >= 11 is 0. The summed E-state index contributed by atoms with van der Waals surface area (Å²) in [6.45, 7) is 2.18. The standard InChI is InChI=1S/C26H34O9/c1-2-3-4-5-6-7-8-9-10-11-12-17-18(15-20(28)24(31)22(17)29)26(34)35-21-14-16(25(32)33)13-19(27)23(21)30/h13-15,27-31H,2-12H2,1H3,(H,32,33). The second kappa shape index (κ2) is 13.3. The summed E-state index contributed by atoms with van der Waals surface area (Å²) in [7, 11) is 0. The van der Waals surface area contributed by atoms with Gasteiger partial charge in [0.2, 0.25) is 11.5 Å². The van der Waals surface area contributed by atoms with Gasteiger partial charge < -0.3 is 35.4 Å². The zero-order chi connectivity index (χ0) is 26.0. The van der Waals surface area contributed by atoms with E-state index in [9.17, 15) is 35.1 Å². The molecule has 0 radical (unpaired) electrons. The monoisotopic (exact) mass is 490 g/mol. The van der Waals surface area contributed by atoms with Crippen molar-refractivity contribution < 1.29 is 45.0 Å². The van der Waals surface area contributed by atoms with Crippen molar-refractivity contribution in [3.8, 4) is 34.5 Å². The molecule has 9 nitrogen and oxygen atoms in total. The predicted molar refractivity (Wildman–Crippen MR) is 129 cm³/mol. The first-order chi connectivity index (χ1) is 16.7. The van der Waals surface area contributed by atoms with Gasteiger partial charge >= 0.3 is 11.9 Å². The van der Waals surface area contributed by atoms with Gasteiger partial charge in [-0.1, -0.05) is 64.7 Å². The largest absolute Gasteiger partial charge is 0.504 e. The molecule has 2 aromatic rings. The Hall–Kier alpha value is -3.62. The Labute approximate surface area is 204 Å². The first kappa shape index (κ1) is 27.6. The number of phenolic OH excluding ortho intramolecular Hbond substituents is 5. The van der Waals surface area contributed by atoms with Crippen molar-refractivity contribution in [2.75, 3.05) is 0 Å². The molecule has 0 aliphatic heterocycles. The van der Waals surface area contributed by atoms with Gasteiger partial charge in [-0.05, 0) is 31.0 Å². The van der Waals surface area contributed by atoms with E-state index >= 15 is 0 Å². The van der Waals surface area contributed by atoms with Crippen LogP contribution in [0.4, 0.5) is 0 Å². The van der Waals surface area contributed by atoms with Crippen LogP contribution in [0.15, 0.2) is 18.2 Å². The van der Waals surface area contributed by atoms with Crippen LogP contribution in [-0.4, -0.2) is 42.6 Å². The van der Waals surface area contributed by atoms with Crippen LogP contribution in [-0.2, 0) is 6.42 Å². The number of ether oxygens (including phenoxy) is 1. The van der Waals surface area contributed by atoms with Crippen molar-refractivity contribution in [3.63, 3.8) is 0 Å². The van der Waals surface area contributed by atoms with Gasteiger partial charge in [0.05, 0.1) is 11.1 Å². The van der Waals surface area contributed by atoms with Crippen molar-refractivity contribution in [3.05, 3.63) is 34.9 Å². The van der Waals surface area contributed by atoms with Crippen LogP contribution in [0.25, 0.3) is 0 Å². The van der Waals surface area contributed by atoms with Crippen LogP contribution in [0.3, 0.4) is 0 Å². The fourth-order valence-electron chi connectivity index (χ4n) is 3.86. The Bertz CT molecular complexity index is 1030. The molecule has 0 saturated carbocycles. The minimum Gasteiger partial charge on any atom is -0.504 e. The molecule has 0 atom stereocenters. The number of phenols is 5. The molecule has 0 aliphatic rings.